The summed E-state index contributed by atoms with van der Waals surface area (Å²) in [6.07, 6.45) is 2.95. The van der Waals surface area contributed by atoms with Crippen LogP contribution in [0.5, 0.6) is 0 Å². The molecule has 106 valence electrons. The number of carbonyl (C=O) groups is 1. The number of benzene rings is 2. The second-order valence-electron chi connectivity index (χ2n) is 4.18. The first-order valence-electron chi connectivity index (χ1n) is 5.89. The number of non-ortho nitro benzene ring substituents is 1. The smallest absolute Gasteiger partial charge is 0.269 e. The third kappa shape index (κ3) is 3.90. The summed E-state index contributed by atoms with van der Waals surface area (Å²) in [5.74, 6) is -0.230. The fraction of sp³-hybridized carbons (Fsp3) is 0. The van der Waals surface area contributed by atoms with Crippen LogP contribution in [0.1, 0.15) is 15.9 Å². The fourth-order valence-corrected chi connectivity index (χ4v) is 1.92. The van der Waals surface area contributed by atoms with E-state index in [1.165, 1.54) is 24.3 Å². The maximum Gasteiger partial charge on any atom is 0.269 e. The molecule has 0 heterocycles. The number of ketones is 1. The quantitative estimate of drug-likeness (QED) is 0.352. The molecule has 2 rings (SSSR count). The zero-order chi connectivity index (χ0) is 15.4. The Labute approximate surface area is 130 Å². The minimum atomic E-state index is -0.478. The number of carbonyl (C=O) groups excluding carboxylic acids is 1. The van der Waals surface area contributed by atoms with Crippen LogP contribution in [0.25, 0.3) is 6.08 Å². The molecule has 6 heteroatoms. The molecule has 0 bridgehead atoms. The zero-order valence-corrected chi connectivity index (χ0v) is 12.1. The summed E-state index contributed by atoms with van der Waals surface area (Å²) in [6.45, 7) is 0. The number of halogens is 2. The second kappa shape index (κ2) is 6.52. The minimum absolute atomic E-state index is 0.00274. The molecular formula is C15H9Cl2NO3. The Morgan fingerprint density at radius 3 is 2.29 bits per heavy atom. The van der Waals surface area contributed by atoms with E-state index in [0.29, 0.717) is 21.2 Å². The van der Waals surface area contributed by atoms with E-state index in [9.17, 15) is 14.9 Å². The first-order chi connectivity index (χ1) is 9.97. The van der Waals surface area contributed by atoms with E-state index in [4.69, 9.17) is 23.2 Å². The van der Waals surface area contributed by atoms with Gasteiger partial charge < -0.3 is 0 Å². The summed E-state index contributed by atoms with van der Waals surface area (Å²) in [5, 5.41) is 11.2. The average Bonchev–Trinajstić information content (AvgIpc) is 2.48. The van der Waals surface area contributed by atoms with Crippen LogP contribution in [0.15, 0.2) is 48.5 Å². The fourth-order valence-electron chi connectivity index (χ4n) is 1.62. The van der Waals surface area contributed by atoms with Crippen molar-refractivity contribution in [1.82, 2.24) is 0 Å². The first kappa shape index (κ1) is 15.2. The minimum Gasteiger partial charge on any atom is -0.289 e. The van der Waals surface area contributed by atoms with Gasteiger partial charge in [-0.25, -0.2) is 0 Å². The lowest BCUT2D eigenvalue weighted by Gasteiger charge is -1.99. The van der Waals surface area contributed by atoms with Gasteiger partial charge in [0.25, 0.3) is 5.69 Å². The van der Waals surface area contributed by atoms with Crippen molar-refractivity contribution in [2.45, 2.75) is 0 Å². The highest BCUT2D eigenvalue weighted by Crippen LogP contribution is 2.23. The van der Waals surface area contributed by atoms with Crippen molar-refractivity contribution in [3.8, 4) is 0 Å². The Bertz CT molecular complexity index is 724. The molecule has 0 saturated carbocycles. The molecule has 0 aliphatic heterocycles. The van der Waals surface area contributed by atoms with Crippen LogP contribution in [0.2, 0.25) is 10.0 Å². The van der Waals surface area contributed by atoms with Crippen molar-refractivity contribution < 1.29 is 9.72 Å². The molecule has 0 N–H and O–H groups in total. The van der Waals surface area contributed by atoms with Crippen molar-refractivity contribution in [3.63, 3.8) is 0 Å². The number of hydrogen-bond acceptors (Lipinski definition) is 3. The Morgan fingerprint density at radius 2 is 1.71 bits per heavy atom. The number of nitro groups is 1. The molecule has 0 unspecified atom stereocenters. The Kier molecular flexibility index (Phi) is 4.73. The largest absolute Gasteiger partial charge is 0.289 e. The van der Waals surface area contributed by atoms with Crippen molar-refractivity contribution in [3.05, 3.63) is 79.8 Å². The van der Waals surface area contributed by atoms with Gasteiger partial charge in [0.05, 0.1) is 15.0 Å². The van der Waals surface area contributed by atoms with E-state index in [0.717, 1.165) is 0 Å². The maximum absolute atomic E-state index is 12.0. The number of allylic oxidation sites excluding steroid dienone is 1. The predicted molar refractivity (Wildman–Crippen MR) is 82.9 cm³/mol. The van der Waals surface area contributed by atoms with Crippen LogP contribution in [0.4, 0.5) is 5.69 Å². The van der Waals surface area contributed by atoms with E-state index < -0.39 is 4.92 Å². The Balaban J connectivity index is 2.14. The first-order valence-corrected chi connectivity index (χ1v) is 6.65. The van der Waals surface area contributed by atoms with Crippen LogP contribution in [0.3, 0.4) is 0 Å². The zero-order valence-electron chi connectivity index (χ0n) is 10.6. The molecule has 0 aliphatic carbocycles. The van der Waals surface area contributed by atoms with Crippen molar-refractivity contribution in [2.24, 2.45) is 0 Å². The summed E-state index contributed by atoms with van der Waals surface area (Å²) in [7, 11) is 0. The lowest BCUT2D eigenvalue weighted by molar-refractivity contribution is -0.384. The molecule has 0 saturated heterocycles. The summed E-state index contributed by atoms with van der Waals surface area (Å²) >= 11 is 11.6. The monoisotopic (exact) mass is 321 g/mol. The molecule has 0 fully saturated rings. The van der Waals surface area contributed by atoms with Gasteiger partial charge in [-0.05, 0) is 42.0 Å². The third-order valence-corrected chi connectivity index (χ3v) is 3.47. The number of hydrogen-bond donors (Lipinski definition) is 0. The number of rotatable bonds is 4. The maximum atomic E-state index is 12.0. The summed E-state index contributed by atoms with van der Waals surface area (Å²) in [6, 6.07) is 10.5. The van der Waals surface area contributed by atoms with Gasteiger partial charge in [-0.2, -0.15) is 0 Å². The van der Waals surface area contributed by atoms with Gasteiger partial charge in [0, 0.05) is 17.7 Å². The molecule has 21 heavy (non-hydrogen) atoms. The molecule has 2 aromatic rings. The van der Waals surface area contributed by atoms with Crippen LogP contribution in [-0.2, 0) is 0 Å². The highest BCUT2D eigenvalue weighted by molar-refractivity contribution is 6.42. The van der Waals surface area contributed by atoms with Gasteiger partial charge in [0.15, 0.2) is 5.78 Å². The predicted octanol–water partition coefficient (Wildman–Crippen LogP) is 4.80. The molecule has 4 nitrogen and oxygen atoms in total. The van der Waals surface area contributed by atoms with Gasteiger partial charge in [0.1, 0.15) is 0 Å². The molecule has 0 aromatic heterocycles. The summed E-state index contributed by atoms with van der Waals surface area (Å²) in [5.41, 5.74) is 1.11. The summed E-state index contributed by atoms with van der Waals surface area (Å²) < 4.78 is 0. The van der Waals surface area contributed by atoms with Crippen LogP contribution < -0.4 is 0 Å². The molecule has 0 spiro atoms. The standard InChI is InChI=1S/C15H9Cl2NO3/c16-13-7-4-11(9-14(13)17)15(19)8-3-10-1-5-12(6-2-10)18(20)21/h1-9H/b8-3+. The number of nitrogens with zero attached hydrogens (tertiary/aromatic N) is 1. The summed E-state index contributed by atoms with van der Waals surface area (Å²) in [4.78, 5) is 22.0. The average molecular weight is 322 g/mol. The highest BCUT2D eigenvalue weighted by Gasteiger charge is 2.06. The molecule has 0 atom stereocenters. The SMILES string of the molecule is O=C(/C=C/c1ccc([N+](=O)[O-])cc1)c1ccc(Cl)c(Cl)c1. The van der Waals surface area contributed by atoms with Gasteiger partial charge in [0.2, 0.25) is 0 Å². The topological polar surface area (TPSA) is 60.2 Å². The van der Waals surface area contributed by atoms with Crippen LogP contribution >= 0.6 is 23.2 Å². The molecular weight excluding hydrogens is 313 g/mol. The van der Waals surface area contributed by atoms with Crippen LogP contribution in [-0.4, -0.2) is 10.7 Å². The van der Waals surface area contributed by atoms with E-state index in [2.05, 4.69) is 0 Å². The van der Waals surface area contributed by atoms with E-state index in [1.54, 1.807) is 30.3 Å². The molecule has 0 aliphatic rings. The lowest BCUT2D eigenvalue weighted by Crippen LogP contribution is -1.94. The van der Waals surface area contributed by atoms with E-state index >= 15 is 0 Å². The van der Waals surface area contributed by atoms with E-state index in [1.807, 2.05) is 0 Å². The van der Waals surface area contributed by atoms with Gasteiger partial charge in [-0.3, -0.25) is 14.9 Å². The van der Waals surface area contributed by atoms with Gasteiger partial charge in [-0.1, -0.05) is 29.3 Å². The Hall–Kier alpha value is -2.17. The van der Waals surface area contributed by atoms with Crippen molar-refractivity contribution in [1.29, 1.82) is 0 Å². The van der Waals surface area contributed by atoms with Crippen molar-refractivity contribution in [2.75, 3.05) is 0 Å². The van der Waals surface area contributed by atoms with Crippen LogP contribution in [0, 0.1) is 10.1 Å². The van der Waals surface area contributed by atoms with Gasteiger partial charge in [-0.15, -0.1) is 0 Å². The highest BCUT2D eigenvalue weighted by atomic mass is 35.5. The van der Waals surface area contributed by atoms with Gasteiger partial charge >= 0.3 is 0 Å². The molecule has 2 aromatic carbocycles. The Morgan fingerprint density at radius 1 is 1.05 bits per heavy atom. The second-order valence-corrected chi connectivity index (χ2v) is 4.99. The lowest BCUT2D eigenvalue weighted by atomic mass is 10.1. The molecule has 0 radical (unpaired) electrons. The molecule has 0 amide bonds. The number of nitro benzene ring substituents is 1. The normalized spacial score (nSPS) is 10.8. The third-order valence-electron chi connectivity index (χ3n) is 2.74. The van der Waals surface area contributed by atoms with Crippen molar-refractivity contribution >= 4 is 40.7 Å². The van der Waals surface area contributed by atoms with E-state index in [-0.39, 0.29) is 11.5 Å².